The van der Waals surface area contributed by atoms with Gasteiger partial charge in [0.05, 0.1) is 0 Å². The molecule has 0 aliphatic heterocycles. The molecule has 11 heavy (non-hydrogen) atoms. The third-order valence-electron chi connectivity index (χ3n) is 0.974. The second kappa shape index (κ2) is 2.83. The lowest BCUT2D eigenvalue weighted by atomic mass is 10.4. The molecule has 0 fully saturated rings. The Kier molecular flexibility index (Phi) is 2.04. The lowest BCUT2D eigenvalue weighted by Gasteiger charge is -1.96. The monoisotopic (exact) mass is 218 g/mol. The minimum Gasteiger partial charge on any atom is -0.492 e. The summed E-state index contributed by atoms with van der Waals surface area (Å²) in [6, 6.07) is 0. The number of aromatic hydroxyl groups is 1. The van der Waals surface area contributed by atoms with Gasteiger partial charge in [0.25, 0.3) is 0 Å². The molecular weight excluding hydrogens is 216 g/mol. The van der Waals surface area contributed by atoms with Crippen LogP contribution in [0.15, 0.2) is 10.8 Å². The Morgan fingerprint density at radius 3 is 2.64 bits per heavy atom. The Labute approximate surface area is 69.9 Å². The number of aromatic nitrogens is 2. The molecule has 1 aromatic heterocycles. The summed E-state index contributed by atoms with van der Waals surface area (Å²) in [5, 5.41) is 17.3. The minimum atomic E-state index is -1.21. The van der Waals surface area contributed by atoms with Crippen LogP contribution >= 0.6 is 15.9 Å². The number of hydrogen-bond acceptors (Lipinski definition) is 4. The number of carbonyl (C=O) groups is 1. The molecule has 0 radical (unpaired) electrons. The lowest BCUT2D eigenvalue weighted by Crippen LogP contribution is -2.01. The van der Waals surface area contributed by atoms with Crippen LogP contribution < -0.4 is 0 Å². The lowest BCUT2D eigenvalue weighted by molar-refractivity contribution is 0.0688. The van der Waals surface area contributed by atoms with Crippen LogP contribution in [0.1, 0.15) is 10.5 Å². The van der Waals surface area contributed by atoms with E-state index < -0.39 is 5.97 Å². The summed E-state index contributed by atoms with van der Waals surface area (Å²) in [4.78, 5) is 17.1. The van der Waals surface area contributed by atoms with Gasteiger partial charge in [0.15, 0.2) is 5.69 Å². The molecule has 0 aliphatic rings. The summed E-state index contributed by atoms with van der Waals surface area (Å²) in [7, 11) is 0. The van der Waals surface area contributed by atoms with Crippen LogP contribution in [-0.4, -0.2) is 26.2 Å². The summed E-state index contributed by atoms with van der Waals surface area (Å²) < 4.78 is -0.00694. The first-order chi connectivity index (χ1) is 5.13. The molecule has 0 bridgehead atoms. The number of aromatic carboxylic acids is 1. The van der Waals surface area contributed by atoms with Gasteiger partial charge in [-0.3, -0.25) is 0 Å². The Balaban J connectivity index is 3.27. The smallest absolute Gasteiger partial charge is 0.355 e. The van der Waals surface area contributed by atoms with Crippen molar-refractivity contribution in [1.82, 2.24) is 9.97 Å². The predicted octanol–water partition coefficient (Wildman–Crippen LogP) is 0.643. The zero-order valence-corrected chi connectivity index (χ0v) is 6.74. The summed E-state index contributed by atoms with van der Waals surface area (Å²) in [5.74, 6) is -1.59. The van der Waals surface area contributed by atoms with Crippen LogP contribution in [-0.2, 0) is 0 Å². The predicted molar refractivity (Wildman–Crippen MR) is 38.4 cm³/mol. The van der Waals surface area contributed by atoms with Gasteiger partial charge >= 0.3 is 5.97 Å². The molecule has 6 heteroatoms. The van der Waals surface area contributed by atoms with Crippen molar-refractivity contribution in [2.45, 2.75) is 0 Å². The van der Waals surface area contributed by atoms with Crippen LogP contribution in [0.25, 0.3) is 0 Å². The summed E-state index contributed by atoms with van der Waals surface area (Å²) in [6.07, 6.45) is 0.976. The molecular formula is C5H3BrN2O3. The van der Waals surface area contributed by atoms with Crippen LogP contribution in [0.4, 0.5) is 0 Å². The number of hydrogen-bond donors (Lipinski definition) is 2. The van der Waals surface area contributed by atoms with Gasteiger partial charge in [-0.2, -0.15) is 0 Å². The molecule has 1 heterocycles. The van der Waals surface area contributed by atoms with Crippen LogP contribution in [0, 0.1) is 0 Å². The second-order valence-electron chi connectivity index (χ2n) is 1.67. The van der Waals surface area contributed by atoms with Crippen LogP contribution in [0.2, 0.25) is 0 Å². The molecule has 0 spiro atoms. The van der Waals surface area contributed by atoms with Gasteiger partial charge in [-0.05, 0) is 15.9 Å². The molecule has 5 nitrogen and oxygen atoms in total. The largest absolute Gasteiger partial charge is 0.492 e. The van der Waals surface area contributed by atoms with Gasteiger partial charge in [0.1, 0.15) is 10.8 Å². The maximum Gasteiger partial charge on any atom is 0.355 e. The molecule has 58 valence electrons. The van der Waals surface area contributed by atoms with Crippen molar-refractivity contribution in [3.05, 3.63) is 16.5 Å². The first-order valence-corrected chi connectivity index (χ1v) is 3.35. The SMILES string of the molecule is O=C(O)c1ncnc(O)c1Br. The highest BCUT2D eigenvalue weighted by molar-refractivity contribution is 9.10. The molecule has 2 N–H and O–H groups in total. The standard InChI is InChI=1S/C5H3BrN2O3/c6-2-3(5(10)11)7-1-8-4(2)9/h1H,(H,10,11)(H,7,8,9). The molecule has 0 unspecified atom stereocenters. The van der Waals surface area contributed by atoms with E-state index in [1.807, 2.05) is 0 Å². The van der Waals surface area contributed by atoms with E-state index in [-0.39, 0.29) is 16.0 Å². The van der Waals surface area contributed by atoms with Crippen molar-refractivity contribution in [2.75, 3.05) is 0 Å². The molecule has 0 saturated heterocycles. The molecule has 1 rings (SSSR count). The molecule has 0 aliphatic carbocycles. The highest BCUT2D eigenvalue weighted by atomic mass is 79.9. The topological polar surface area (TPSA) is 83.3 Å². The fraction of sp³-hybridized carbons (Fsp3) is 0. The van der Waals surface area contributed by atoms with Gasteiger partial charge in [-0.1, -0.05) is 0 Å². The highest BCUT2D eigenvalue weighted by Crippen LogP contribution is 2.22. The van der Waals surface area contributed by atoms with Crippen molar-refractivity contribution >= 4 is 21.9 Å². The number of rotatable bonds is 1. The quantitative estimate of drug-likeness (QED) is 0.724. The van der Waals surface area contributed by atoms with Gasteiger partial charge in [0, 0.05) is 0 Å². The number of carboxylic acid groups (broad SMARTS) is 1. The molecule has 0 atom stereocenters. The van der Waals surface area contributed by atoms with Crippen molar-refractivity contribution < 1.29 is 15.0 Å². The van der Waals surface area contributed by atoms with E-state index in [0.717, 1.165) is 6.33 Å². The van der Waals surface area contributed by atoms with E-state index >= 15 is 0 Å². The fourth-order valence-corrected chi connectivity index (χ4v) is 0.884. The molecule has 1 aromatic rings. The summed E-state index contributed by atoms with van der Waals surface area (Å²) >= 11 is 2.82. The Hall–Kier alpha value is -1.17. The zero-order valence-electron chi connectivity index (χ0n) is 5.15. The first-order valence-electron chi connectivity index (χ1n) is 2.55. The van der Waals surface area contributed by atoms with Crippen molar-refractivity contribution in [2.24, 2.45) is 0 Å². The van der Waals surface area contributed by atoms with Crippen LogP contribution in [0.3, 0.4) is 0 Å². The van der Waals surface area contributed by atoms with E-state index in [4.69, 9.17) is 10.2 Å². The molecule has 0 saturated carbocycles. The number of halogens is 1. The fourth-order valence-electron chi connectivity index (χ4n) is 0.510. The van der Waals surface area contributed by atoms with E-state index in [1.54, 1.807) is 0 Å². The average Bonchev–Trinajstić information content (AvgIpc) is 1.94. The third kappa shape index (κ3) is 1.45. The van der Waals surface area contributed by atoms with Gasteiger partial charge in [-0.15, -0.1) is 0 Å². The normalized spacial score (nSPS) is 9.55. The maximum absolute atomic E-state index is 10.3. The first kappa shape index (κ1) is 7.93. The maximum atomic E-state index is 10.3. The molecule has 0 amide bonds. The number of nitrogens with zero attached hydrogens (tertiary/aromatic N) is 2. The number of carboxylic acids is 1. The molecule has 0 aromatic carbocycles. The zero-order chi connectivity index (χ0) is 8.43. The van der Waals surface area contributed by atoms with Crippen LogP contribution in [0.5, 0.6) is 5.88 Å². The van der Waals surface area contributed by atoms with E-state index in [1.165, 1.54) is 0 Å². The average molecular weight is 219 g/mol. The summed E-state index contributed by atoms with van der Waals surface area (Å²) in [6.45, 7) is 0. The second-order valence-corrected chi connectivity index (χ2v) is 2.46. The van der Waals surface area contributed by atoms with Crippen molar-refractivity contribution in [1.29, 1.82) is 0 Å². The van der Waals surface area contributed by atoms with Gasteiger partial charge in [-0.25, -0.2) is 14.8 Å². The van der Waals surface area contributed by atoms with Gasteiger partial charge in [0.2, 0.25) is 5.88 Å². The van der Waals surface area contributed by atoms with Crippen molar-refractivity contribution in [3.8, 4) is 5.88 Å². The Bertz CT molecular complexity index is 302. The van der Waals surface area contributed by atoms with E-state index in [9.17, 15) is 4.79 Å². The third-order valence-corrected chi connectivity index (χ3v) is 1.70. The highest BCUT2D eigenvalue weighted by Gasteiger charge is 2.13. The van der Waals surface area contributed by atoms with Gasteiger partial charge < -0.3 is 10.2 Å². The van der Waals surface area contributed by atoms with E-state index in [0.29, 0.717) is 0 Å². The Morgan fingerprint density at radius 1 is 1.55 bits per heavy atom. The summed E-state index contributed by atoms with van der Waals surface area (Å²) in [5.41, 5.74) is -0.252. The Morgan fingerprint density at radius 2 is 2.18 bits per heavy atom. The minimum absolute atomic E-state index is 0.00694. The van der Waals surface area contributed by atoms with Crippen molar-refractivity contribution in [3.63, 3.8) is 0 Å². The van der Waals surface area contributed by atoms with E-state index in [2.05, 4.69) is 25.9 Å².